The summed E-state index contributed by atoms with van der Waals surface area (Å²) in [5.74, 6) is 3.80. The summed E-state index contributed by atoms with van der Waals surface area (Å²) >= 11 is 0. The summed E-state index contributed by atoms with van der Waals surface area (Å²) < 4.78 is 2.10. The van der Waals surface area contributed by atoms with Crippen LogP contribution in [0.25, 0.3) is 0 Å². The van der Waals surface area contributed by atoms with Crippen LogP contribution >= 0.6 is 0 Å². The van der Waals surface area contributed by atoms with Crippen LogP contribution in [0.4, 0.5) is 0 Å². The second-order valence-electron chi connectivity index (χ2n) is 5.45. The molecule has 2 bridgehead atoms. The van der Waals surface area contributed by atoms with Gasteiger partial charge in [-0.2, -0.15) is 0 Å². The molecular formula is C14H21N3. The quantitative estimate of drug-likeness (QED) is 0.618. The molecule has 1 fully saturated rings. The van der Waals surface area contributed by atoms with Crippen molar-refractivity contribution in [1.29, 1.82) is 0 Å². The number of rotatable bonds is 5. The highest BCUT2D eigenvalue weighted by Crippen LogP contribution is 2.42. The molecule has 2 aliphatic rings. The van der Waals surface area contributed by atoms with Crippen LogP contribution in [0.15, 0.2) is 24.5 Å². The molecule has 1 heterocycles. The number of hydrogen-bond donors (Lipinski definition) is 1. The number of hydrogen-bond acceptors (Lipinski definition) is 2. The molecule has 0 spiro atoms. The molecule has 0 saturated heterocycles. The third-order valence-corrected chi connectivity index (χ3v) is 4.27. The minimum atomic E-state index is 0.862. The fraction of sp³-hybridized carbons (Fsp3) is 0.643. The zero-order valence-corrected chi connectivity index (χ0v) is 10.5. The van der Waals surface area contributed by atoms with Gasteiger partial charge in [-0.1, -0.05) is 12.2 Å². The molecule has 1 N–H and O–H groups in total. The number of nitrogens with one attached hydrogen (secondary N) is 1. The fourth-order valence-electron chi connectivity index (χ4n) is 3.25. The number of aromatic nitrogens is 2. The number of imidazole rings is 1. The molecule has 3 atom stereocenters. The van der Waals surface area contributed by atoms with Crippen LogP contribution < -0.4 is 5.32 Å². The Labute approximate surface area is 103 Å². The predicted octanol–water partition coefficient (Wildman–Crippen LogP) is 1.76. The fourth-order valence-corrected chi connectivity index (χ4v) is 3.25. The van der Waals surface area contributed by atoms with E-state index in [0.29, 0.717) is 0 Å². The Morgan fingerprint density at radius 1 is 1.41 bits per heavy atom. The molecular weight excluding hydrogens is 210 g/mol. The van der Waals surface area contributed by atoms with Crippen LogP contribution in [0.3, 0.4) is 0 Å². The lowest BCUT2D eigenvalue weighted by atomic mass is 9.94. The molecule has 92 valence electrons. The van der Waals surface area contributed by atoms with Crippen molar-refractivity contribution in [3.05, 3.63) is 30.4 Å². The Kier molecular flexibility index (Phi) is 3.02. The highest BCUT2D eigenvalue weighted by molar-refractivity contribution is 5.10. The molecule has 1 aromatic heterocycles. The van der Waals surface area contributed by atoms with Crippen LogP contribution in [0.2, 0.25) is 0 Å². The van der Waals surface area contributed by atoms with E-state index in [9.17, 15) is 0 Å². The Bertz CT molecular complexity index is 407. The first-order chi connectivity index (χ1) is 8.33. The maximum absolute atomic E-state index is 4.34. The van der Waals surface area contributed by atoms with Crippen LogP contribution in [0.5, 0.6) is 0 Å². The Hall–Kier alpha value is -1.09. The van der Waals surface area contributed by atoms with Gasteiger partial charge in [0.15, 0.2) is 0 Å². The lowest BCUT2D eigenvalue weighted by Gasteiger charge is -2.18. The van der Waals surface area contributed by atoms with Crippen molar-refractivity contribution in [2.24, 2.45) is 24.8 Å². The number of aryl methyl sites for hydroxylation is 1. The van der Waals surface area contributed by atoms with Gasteiger partial charge in [0, 0.05) is 32.4 Å². The molecule has 0 aromatic carbocycles. The van der Waals surface area contributed by atoms with Crippen molar-refractivity contribution >= 4 is 0 Å². The van der Waals surface area contributed by atoms with Crippen molar-refractivity contribution in [2.75, 3.05) is 13.1 Å². The first-order valence-corrected chi connectivity index (χ1v) is 6.68. The Balaban J connectivity index is 1.39. The minimum Gasteiger partial charge on any atom is -0.338 e. The van der Waals surface area contributed by atoms with Gasteiger partial charge in [-0.15, -0.1) is 0 Å². The van der Waals surface area contributed by atoms with E-state index < -0.39 is 0 Å². The van der Waals surface area contributed by atoms with Crippen LogP contribution in [-0.4, -0.2) is 22.6 Å². The van der Waals surface area contributed by atoms with Gasteiger partial charge in [-0.25, -0.2) is 4.98 Å². The van der Waals surface area contributed by atoms with Crippen molar-refractivity contribution in [3.8, 4) is 0 Å². The molecule has 3 rings (SSSR count). The summed E-state index contributed by atoms with van der Waals surface area (Å²) in [6.07, 6.45) is 12.6. The van der Waals surface area contributed by atoms with E-state index in [2.05, 4.69) is 34.1 Å². The van der Waals surface area contributed by atoms with Gasteiger partial charge < -0.3 is 9.88 Å². The van der Waals surface area contributed by atoms with Gasteiger partial charge in [0.05, 0.1) is 0 Å². The zero-order chi connectivity index (χ0) is 11.7. The number of allylic oxidation sites excluding steroid dienone is 2. The molecule has 1 saturated carbocycles. The lowest BCUT2D eigenvalue weighted by Crippen LogP contribution is -2.27. The smallest absolute Gasteiger partial charge is 0.109 e. The maximum Gasteiger partial charge on any atom is 0.109 e. The summed E-state index contributed by atoms with van der Waals surface area (Å²) in [6.45, 7) is 2.22. The Morgan fingerprint density at radius 3 is 3.00 bits per heavy atom. The van der Waals surface area contributed by atoms with Gasteiger partial charge >= 0.3 is 0 Å². The van der Waals surface area contributed by atoms with Crippen LogP contribution in [0, 0.1) is 17.8 Å². The van der Waals surface area contributed by atoms with E-state index in [1.54, 1.807) is 0 Å². The van der Waals surface area contributed by atoms with E-state index in [0.717, 1.165) is 30.7 Å². The molecule has 2 aliphatic carbocycles. The molecule has 3 unspecified atom stereocenters. The van der Waals surface area contributed by atoms with Crippen molar-refractivity contribution in [1.82, 2.24) is 14.9 Å². The topological polar surface area (TPSA) is 29.9 Å². The average molecular weight is 231 g/mol. The summed E-state index contributed by atoms with van der Waals surface area (Å²) in [7, 11) is 2.06. The maximum atomic E-state index is 4.34. The monoisotopic (exact) mass is 231 g/mol. The molecule has 0 aliphatic heterocycles. The third-order valence-electron chi connectivity index (χ3n) is 4.27. The van der Waals surface area contributed by atoms with Gasteiger partial charge in [0.2, 0.25) is 0 Å². The summed E-state index contributed by atoms with van der Waals surface area (Å²) in [6, 6.07) is 0. The standard InChI is InChI=1S/C14H21N3/c1-17-7-6-16-14(17)4-5-15-10-13-9-11-2-3-12(13)8-11/h2-3,6-7,11-13,15H,4-5,8-10H2,1H3. The summed E-state index contributed by atoms with van der Waals surface area (Å²) in [5, 5.41) is 3.59. The first kappa shape index (κ1) is 11.0. The molecule has 0 amide bonds. The molecule has 17 heavy (non-hydrogen) atoms. The number of fused-ring (bicyclic) bond motifs is 2. The van der Waals surface area contributed by atoms with E-state index in [-0.39, 0.29) is 0 Å². The second kappa shape index (κ2) is 4.65. The molecule has 1 aromatic rings. The minimum absolute atomic E-state index is 0.862. The normalized spacial score (nSPS) is 30.3. The van der Waals surface area contributed by atoms with Crippen LogP contribution in [0.1, 0.15) is 18.7 Å². The van der Waals surface area contributed by atoms with Crippen LogP contribution in [-0.2, 0) is 13.5 Å². The zero-order valence-electron chi connectivity index (χ0n) is 10.5. The lowest BCUT2D eigenvalue weighted by molar-refractivity contribution is 0.415. The molecule has 3 heteroatoms. The second-order valence-corrected chi connectivity index (χ2v) is 5.45. The predicted molar refractivity (Wildman–Crippen MR) is 68.6 cm³/mol. The highest BCUT2D eigenvalue weighted by Gasteiger charge is 2.34. The van der Waals surface area contributed by atoms with Crippen molar-refractivity contribution in [3.63, 3.8) is 0 Å². The van der Waals surface area contributed by atoms with Gasteiger partial charge in [0.1, 0.15) is 5.82 Å². The highest BCUT2D eigenvalue weighted by atomic mass is 15.0. The van der Waals surface area contributed by atoms with Gasteiger partial charge in [-0.05, 0) is 37.1 Å². The van der Waals surface area contributed by atoms with Gasteiger partial charge in [-0.3, -0.25) is 0 Å². The van der Waals surface area contributed by atoms with E-state index >= 15 is 0 Å². The van der Waals surface area contributed by atoms with Crippen molar-refractivity contribution in [2.45, 2.75) is 19.3 Å². The number of nitrogens with zero attached hydrogens (tertiary/aromatic N) is 2. The molecule has 0 radical (unpaired) electrons. The largest absolute Gasteiger partial charge is 0.338 e. The van der Waals surface area contributed by atoms with E-state index in [1.807, 2.05) is 12.4 Å². The first-order valence-electron chi connectivity index (χ1n) is 6.68. The van der Waals surface area contributed by atoms with Crippen molar-refractivity contribution < 1.29 is 0 Å². The summed E-state index contributed by atoms with van der Waals surface area (Å²) in [5.41, 5.74) is 0. The van der Waals surface area contributed by atoms with E-state index in [4.69, 9.17) is 0 Å². The Morgan fingerprint density at radius 2 is 2.35 bits per heavy atom. The molecule has 3 nitrogen and oxygen atoms in total. The van der Waals surface area contributed by atoms with Gasteiger partial charge in [0.25, 0.3) is 0 Å². The van der Waals surface area contributed by atoms with E-state index in [1.165, 1.54) is 25.2 Å². The average Bonchev–Trinajstić information content (AvgIpc) is 3.01. The third kappa shape index (κ3) is 2.29. The summed E-state index contributed by atoms with van der Waals surface area (Å²) in [4.78, 5) is 4.34. The SMILES string of the molecule is Cn1ccnc1CCNCC1CC2C=CC1C2.